The van der Waals surface area contributed by atoms with Crippen molar-refractivity contribution in [2.75, 3.05) is 11.1 Å². The van der Waals surface area contributed by atoms with Crippen LogP contribution in [0.2, 0.25) is 0 Å². The molecular formula is C15H20N4O. The lowest BCUT2D eigenvalue weighted by atomic mass is 10.1. The summed E-state index contributed by atoms with van der Waals surface area (Å²) in [6.45, 7) is 7.96. The molecule has 0 amide bonds. The maximum absolute atomic E-state index is 6.05. The Balaban J connectivity index is 2.29. The molecule has 0 fully saturated rings. The lowest BCUT2D eigenvalue weighted by Gasteiger charge is -2.14. The minimum atomic E-state index is 0.0150. The Bertz CT molecular complexity index is 611. The Labute approximate surface area is 119 Å². The Morgan fingerprint density at radius 2 is 1.95 bits per heavy atom. The smallest absolute Gasteiger partial charge is 0.242 e. The molecule has 0 bridgehead atoms. The van der Waals surface area contributed by atoms with Crippen molar-refractivity contribution in [3.05, 3.63) is 35.7 Å². The highest BCUT2D eigenvalue weighted by atomic mass is 16.5. The molecule has 0 aliphatic heterocycles. The van der Waals surface area contributed by atoms with Crippen LogP contribution in [0.25, 0.3) is 0 Å². The second-order valence-electron chi connectivity index (χ2n) is 5.05. The first kappa shape index (κ1) is 14.1. The van der Waals surface area contributed by atoms with Crippen LogP contribution in [0.1, 0.15) is 25.0 Å². The van der Waals surface area contributed by atoms with Crippen LogP contribution in [0.4, 0.5) is 17.2 Å². The van der Waals surface area contributed by atoms with E-state index >= 15 is 0 Å². The van der Waals surface area contributed by atoms with Gasteiger partial charge in [-0.05, 0) is 39.3 Å². The summed E-state index contributed by atoms with van der Waals surface area (Å²) in [5.74, 6) is 0.963. The van der Waals surface area contributed by atoms with E-state index in [-0.39, 0.29) is 6.10 Å². The van der Waals surface area contributed by atoms with Crippen molar-refractivity contribution in [2.24, 2.45) is 0 Å². The maximum atomic E-state index is 6.05. The highest BCUT2D eigenvalue weighted by Gasteiger charge is 2.11. The molecule has 0 aliphatic rings. The number of nitrogens with two attached hydrogens (primary N) is 1. The zero-order valence-electron chi connectivity index (χ0n) is 12.3. The second kappa shape index (κ2) is 5.77. The Kier molecular flexibility index (Phi) is 4.08. The van der Waals surface area contributed by atoms with Gasteiger partial charge in [0.25, 0.3) is 0 Å². The summed E-state index contributed by atoms with van der Waals surface area (Å²) in [6.07, 6.45) is 1.46. The molecule has 0 atom stereocenters. The molecule has 0 unspecified atom stereocenters. The predicted octanol–water partition coefficient (Wildman–Crippen LogP) is 3.21. The highest BCUT2D eigenvalue weighted by molar-refractivity contribution is 5.73. The topological polar surface area (TPSA) is 73.1 Å². The van der Waals surface area contributed by atoms with Crippen molar-refractivity contribution < 1.29 is 4.74 Å². The van der Waals surface area contributed by atoms with Gasteiger partial charge in [0.05, 0.1) is 6.10 Å². The number of nitrogens with zero attached hydrogens (tertiary/aromatic N) is 2. The van der Waals surface area contributed by atoms with E-state index in [9.17, 15) is 0 Å². The van der Waals surface area contributed by atoms with Gasteiger partial charge in [-0.3, -0.25) is 0 Å². The van der Waals surface area contributed by atoms with Gasteiger partial charge in [-0.25, -0.2) is 4.98 Å². The van der Waals surface area contributed by atoms with Crippen LogP contribution in [0.3, 0.4) is 0 Å². The van der Waals surface area contributed by atoms with Crippen molar-refractivity contribution in [1.82, 2.24) is 9.97 Å². The molecule has 0 spiro atoms. The molecule has 20 heavy (non-hydrogen) atoms. The van der Waals surface area contributed by atoms with Crippen molar-refractivity contribution in [3.63, 3.8) is 0 Å². The van der Waals surface area contributed by atoms with Crippen LogP contribution in [-0.4, -0.2) is 16.1 Å². The number of aromatic nitrogens is 2. The molecule has 2 aromatic rings. The number of benzene rings is 1. The van der Waals surface area contributed by atoms with Gasteiger partial charge in [-0.2, -0.15) is 4.98 Å². The number of rotatable bonds is 4. The Morgan fingerprint density at radius 3 is 2.60 bits per heavy atom. The first-order valence-corrected chi connectivity index (χ1v) is 6.58. The van der Waals surface area contributed by atoms with E-state index in [2.05, 4.69) is 28.3 Å². The van der Waals surface area contributed by atoms with E-state index < -0.39 is 0 Å². The first-order valence-electron chi connectivity index (χ1n) is 6.58. The van der Waals surface area contributed by atoms with Gasteiger partial charge in [-0.1, -0.05) is 17.7 Å². The monoisotopic (exact) mass is 272 g/mol. The highest BCUT2D eigenvalue weighted by Crippen LogP contribution is 2.29. The number of nitrogen functional groups attached to an aromatic ring is 1. The number of ether oxygens (including phenoxy) is 1. The molecule has 3 N–H and O–H groups in total. The van der Waals surface area contributed by atoms with Crippen LogP contribution in [0, 0.1) is 13.8 Å². The molecular weight excluding hydrogens is 252 g/mol. The summed E-state index contributed by atoms with van der Waals surface area (Å²) in [4.78, 5) is 8.24. The van der Waals surface area contributed by atoms with Gasteiger partial charge in [0.15, 0.2) is 5.82 Å². The zero-order valence-corrected chi connectivity index (χ0v) is 12.3. The number of hydrogen-bond donors (Lipinski definition) is 2. The van der Waals surface area contributed by atoms with Gasteiger partial charge in [0.2, 0.25) is 5.88 Å². The summed E-state index contributed by atoms with van der Waals surface area (Å²) >= 11 is 0. The van der Waals surface area contributed by atoms with Crippen molar-refractivity contribution in [2.45, 2.75) is 33.8 Å². The second-order valence-corrected chi connectivity index (χ2v) is 5.05. The number of nitrogens with one attached hydrogen (secondary N) is 1. The molecule has 0 radical (unpaired) electrons. The van der Waals surface area contributed by atoms with Crippen molar-refractivity contribution >= 4 is 17.2 Å². The summed E-state index contributed by atoms with van der Waals surface area (Å²) < 4.78 is 5.56. The van der Waals surface area contributed by atoms with Gasteiger partial charge in [0.1, 0.15) is 12.0 Å². The minimum Gasteiger partial charge on any atom is -0.473 e. The lowest BCUT2D eigenvalue weighted by Crippen LogP contribution is -2.11. The van der Waals surface area contributed by atoms with Gasteiger partial charge < -0.3 is 15.8 Å². The summed E-state index contributed by atoms with van der Waals surface area (Å²) in [6, 6.07) is 6.15. The number of anilines is 3. The fourth-order valence-electron chi connectivity index (χ4n) is 1.88. The summed E-state index contributed by atoms with van der Waals surface area (Å²) in [5.41, 5.74) is 9.78. The average molecular weight is 272 g/mol. The molecule has 1 aromatic carbocycles. The van der Waals surface area contributed by atoms with E-state index in [0.717, 1.165) is 11.3 Å². The molecule has 0 aliphatic carbocycles. The predicted molar refractivity (Wildman–Crippen MR) is 81.4 cm³/mol. The minimum absolute atomic E-state index is 0.0150. The van der Waals surface area contributed by atoms with Crippen molar-refractivity contribution in [3.8, 4) is 5.88 Å². The Hall–Kier alpha value is -2.30. The molecule has 1 aromatic heterocycles. The van der Waals surface area contributed by atoms with Crippen LogP contribution in [-0.2, 0) is 0 Å². The van der Waals surface area contributed by atoms with E-state index in [0.29, 0.717) is 17.4 Å². The maximum Gasteiger partial charge on any atom is 0.242 e. The first-order chi connectivity index (χ1) is 9.47. The normalized spacial score (nSPS) is 10.7. The van der Waals surface area contributed by atoms with E-state index in [4.69, 9.17) is 10.5 Å². The molecule has 106 valence electrons. The fourth-order valence-corrected chi connectivity index (χ4v) is 1.88. The molecule has 5 heteroatoms. The van der Waals surface area contributed by atoms with Crippen LogP contribution >= 0.6 is 0 Å². The van der Waals surface area contributed by atoms with Gasteiger partial charge in [-0.15, -0.1) is 0 Å². The Morgan fingerprint density at radius 1 is 1.20 bits per heavy atom. The standard InChI is InChI=1S/C15H20N4O/c1-9(2)20-15-13(16)14(17-8-18-15)19-12-6-5-10(3)7-11(12)4/h5-9H,16H2,1-4H3,(H,17,18,19). The zero-order chi connectivity index (χ0) is 14.7. The third-order valence-corrected chi connectivity index (χ3v) is 2.83. The van der Waals surface area contributed by atoms with E-state index in [1.807, 2.05) is 32.9 Å². The van der Waals surface area contributed by atoms with Gasteiger partial charge >= 0.3 is 0 Å². The molecule has 0 saturated carbocycles. The molecule has 2 rings (SSSR count). The summed E-state index contributed by atoms with van der Waals surface area (Å²) in [7, 11) is 0. The quantitative estimate of drug-likeness (QED) is 0.894. The number of hydrogen-bond acceptors (Lipinski definition) is 5. The van der Waals surface area contributed by atoms with Crippen LogP contribution in [0.5, 0.6) is 5.88 Å². The lowest BCUT2D eigenvalue weighted by molar-refractivity contribution is 0.234. The van der Waals surface area contributed by atoms with E-state index in [1.165, 1.54) is 11.9 Å². The van der Waals surface area contributed by atoms with Crippen LogP contribution < -0.4 is 15.8 Å². The summed E-state index contributed by atoms with van der Waals surface area (Å²) in [5, 5.41) is 3.23. The van der Waals surface area contributed by atoms with E-state index in [1.54, 1.807) is 0 Å². The molecule has 1 heterocycles. The third-order valence-electron chi connectivity index (χ3n) is 2.83. The average Bonchev–Trinajstić information content (AvgIpc) is 2.36. The third kappa shape index (κ3) is 3.17. The molecule has 5 nitrogen and oxygen atoms in total. The largest absolute Gasteiger partial charge is 0.473 e. The SMILES string of the molecule is Cc1ccc(Nc2ncnc(OC(C)C)c2N)c(C)c1. The molecule has 0 saturated heterocycles. The van der Waals surface area contributed by atoms with Gasteiger partial charge in [0, 0.05) is 5.69 Å². The fraction of sp³-hybridized carbons (Fsp3) is 0.333. The van der Waals surface area contributed by atoms with Crippen molar-refractivity contribution in [1.29, 1.82) is 0 Å². The number of aryl methyl sites for hydroxylation is 2. The van der Waals surface area contributed by atoms with Crippen LogP contribution in [0.15, 0.2) is 24.5 Å².